The third-order valence-corrected chi connectivity index (χ3v) is 4.27. The smallest absolute Gasteiger partial charge is 0.220 e. The van der Waals surface area contributed by atoms with Gasteiger partial charge in [0.25, 0.3) is 0 Å². The molecule has 0 aliphatic heterocycles. The first-order valence-corrected chi connectivity index (χ1v) is 8.17. The lowest BCUT2D eigenvalue weighted by molar-refractivity contribution is -0.121. The van der Waals surface area contributed by atoms with Crippen LogP contribution in [0.5, 0.6) is 0 Å². The summed E-state index contributed by atoms with van der Waals surface area (Å²) < 4.78 is 2.04. The maximum atomic E-state index is 11.9. The van der Waals surface area contributed by atoms with E-state index < -0.39 is 6.10 Å². The van der Waals surface area contributed by atoms with E-state index in [9.17, 15) is 9.90 Å². The molecule has 0 aliphatic rings. The summed E-state index contributed by atoms with van der Waals surface area (Å²) in [7, 11) is 1.99. The fraction of sp³-hybridized carbons (Fsp3) is 0.250. The number of rotatable bonds is 6. The standard InChI is InChI=1S/C20H22N2O2/c1-22-12-11-16-13-17(8-9-18(16)22)19(23)14-21-20(24)10-7-15-5-3-2-4-6-15/h2-6,8-9,11-13,19,23H,7,10,14H2,1H3,(H,21,24). The zero-order valence-corrected chi connectivity index (χ0v) is 13.8. The predicted octanol–water partition coefficient (Wildman–Crippen LogP) is 2.96. The molecule has 0 saturated heterocycles. The molecule has 0 radical (unpaired) electrons. The molecule has 2 N–H and O–H groups in total. The highest BCUT2D eigenvalue weighted by Gasteiger charge is 2.11. The fourth-order valence-electron chi connectivity index (χ4n) is 2.83. The van der Waals surface area contributed by atoms with Crippen LogP contribution in [0.1, 0.15) is 23.7 Å². The van der Waals surface area contributed by atoms with E-state index in [1.54, 1.807) is 0 Å². The van der Waals surface area contributed by atoms with Crippen molar-refractivity contribution in [3.8, 4) is 0 Å². The Morgan fingerprint density at radius 1 is 1.17 bits per heavy atom. The molecule has 1 amide bonds. The fourth-order valence-corrected chi connectivity index (χ4v) is 2.83. The largest absolute Gasteiger partial charge is 0.387 e. The molecule has 0 aliphatic carbocycles. The number of nitrogens with one attached hydrogen (secondary N) is 1. The molecule has 3 rings (SSSR count). The molecule has 0 fully saturated rings. The van der Waals surface area contributed by atoms with Crippen LogP contribution in [0.3, 0.4) is 0 Å². The van der Waals surface area contributed by atoms with Crippen LogP contribution in [0.25, 0.3) is 10.9 Å². The number of nitrogens with zero attached hydrogens (tertiary/aromatic N) is 1. The Morgan fingerprint density at radius 3 is 2.75 bits per heavy atom. The van der Waals surface area contributed by atoms with E-state index in [2.05, 4.69) is 5.32 Å². The Bertz CT molecular complexity index is 824. The number of hydrogen-bond donors (Lipinski definition) is 2. The molecular weight excluding hydrogens is 300 g/mol. The molecule has 2 aromatic carbocycles. The van der Waals surface area contributed by atoms with E-state index in [0.717, 1.165) is 22.0 Å². The van der Waals surface area contributed by atoms with Crippen LogP contribution in [-0.4, -0.2) is 22.1 Å². The van der Waals surface area contributed by atoms with Gasteiger partial charge in [0.2, 0.25) is 5.91 Å². The van der Waals surface area contributed by atoms with Crippen LogP contribution < -0.4 is 5.32 Å². The summed E-state index contributed by atoms with van der Waals surface area (Å²) in [6, 6.07) is 17.8. The minimum Gasteiger partial charge on any atom is -0.387 e. The number of aryl methyl sites for hydroxylation is 2. The summed E-state index contributed by atoms with van der Waals surface area (Å²) in [6.45, 7) is 0.228. The number of amides is 1. The number of benzene rings is 2. The summed E-state index contributed by atoms with van der Waals surface area (Å²) in [5.41, 5.74) is 3.08. The van der Waals surface area contributed by atoms with E-state index in [-0.39, 0.29) is 12.5 Å². The molecule has 0 saturated carbocycles. The van der Waals surface area contributed by atoms with Crippen molar-refractivity contribution >= 4 is 16.8 Å². The van der Waals surface area contributed by atoms with Crippen LogP contribution >= 0.6 is 0 Å². The number of carbonyl (C=O) groups is 1. The van der Waals surface area contributed by atoms with Crippen molar-refractivity contribution in [1.29, 1.82) is 0 Å². The number of aliphatic hydroxyl groups excluding tert-OH is 1. The highest BCUT2D eigenvalue weighted by atomic mass is 16.3. The molecule has 1 atom stereocenters. The molecule has 1 heterocycles. The van der Waals surface area contributed by atoms with Gasteiger partial charge in [0.15, 0.2) is 0 Å². The van der Waals surface area contributed by atoms with Crippen LogP contribution in [-0.2, 0) is 18.3 Å². The van der Waals surface area contributed by atoms with E-state index in [1.807, 2.05) is 72.4 Å². The number of carbonyl (C=O) groups excluding carboxylic acids is 1. The summed E-state index contributed by atoms with van der Waals surface area (Å²) in [4.78, 5) is 11.9. The van der Waals surface area contributed by atoms with Gasteiger partial charge < -0.3 is 15.0 Å². The second-order valence-electron chi connectivity index (χ2n) is 6.05. The summed E-state index contributed by atoms with van der Waals surface area (Å²) in [6.07, 6.45) is 2.43. The van der Waals surface area contributed by atoms with E-state index >= 15 is 0 Å². The monoisotopic (exact) mass is 322 g/mol. The number of aromatic nitrogens is 1. The van der Waals surface area contributed by atoms with Crippen LogP contribution in [0.4, 0.5) is 0 Å². The third kappa shape index (κ3) is 3.84. The maximum Gasteiger partial charge on any atom is 0.220 e. The lowest BCUT2D eigenvalue weighted by Gasteiger charge is -2.13. The average Bonchev–Trinajstić information content (AvgIpc) is 2.99. The minimum absolute atomic E-state index is 0.0429. The van der Waals surface area contributed by atoms with Crippen LogP contribution in [0.15, 0.2) is 60.8 Å². The quantitative estimate of drug-likeness (QED) is 0.733. The van der Waals surface area contributed by atoms with Crippen LogP contribution in [0.2, 0.25) is 0 Å². The molecule has 124 valence electrons. The van der Waals surface area contributed by atoms with Crippen molar-refractivity contribution in [2.45, 2.75) is 18.9 Å². The number of aliphatic hydroxyl groups is 1. The van der Waals surface area contributed by atoms with Crippen molar-refractivity contribution in [2.24, 2.45) is 7.05 Å². The lowest BCUT2D eigenvalue weighted by Crippen LogP contribution is -2.28. The van der Waals surface area contributed by atoms with Crippen LogP contribution in [0, 0.1) is 0 Å². The lowest BCUT2D eigenvalue weighted by atomic mass is 10.1. The van der Waals surface area contributed by atoms with Crippen molar-refractivity contribution in [3.05, 3.63) is 71.9 Å². The van der Waals surface area contributed by atoms with Crippen molar-refractivity contribution in [1.82, 2.24) is 9.88 Å². The average molecular weight is 322 g/mol. The first-order chi connectivity index (χ1) is 11.6. The second kappa shape index (κ2) is 7.32. The third-order valence-electron chi connectivity index (χ3n) is 4.27. The van der Waals surface area contributed by atoms with Gasteiger partial charge >= 0.3 is 0 Å². The molecule has 1 aromatic heterocycles. The van der Waals surface area contributed by atoms with Crippen molar-refractivity contribution in [3.63, 3.8) is 0 Å². The van der Waals surface area contributed by atoms with Gasteiger partial charge in [-0.15, -0.1) is 0 Å². The first kappa shape index (κ1) is 16.3. The van der Waals surface area contributed by atoms with Gasteiger partial charge in [-0.05, 0) is 41.1 Å². The second-order valence-corrected chi connectivity index (χ2v) is 6.05. The molecule has 4 heteroatoms. The summed E-state index contributed by atoms with van der Waals surface area (Å²) >= 11 is 0. The Labute approximate surface area is 141 Å². The van der Waals surface area contributed by atoms with Gasteiger partial charge in [-0.3, -0.25) is 4.79 Å². The molecule has 1 unspecified atom stereocenters. The highest BCUT2D eigenvalue weighted by Crippen LogP contribution is 2.20. The summed E-state index contributed by atoms with van der Waals surface area (Å²) in [5, 5.41) is 14.2. The van der Waals surface area contributed by atoms with E-state index in [4.69, 9.17) is 0 Å². The van der Waals surface area contributed by atoms with Gasteiger partial charge in [-0.1, -0.05) is 36.4 Å². The SMILES string of the molecule is Cn1ccc2cc(C(O)CNC(=O)CCc3ccccc3)ccc21. The van der Waals surface area contributed by atoms with Crippen molar-refractivity contribution < 1.29 is 9.90 Å². The first-order valence-electron chi connectivity index (χ1n) is 8.17. The molecule has 24 heavy (non-hydrogen) atoms. The topological polar surface area (TPSA) is 54.3 Å². The number of hydrogen-bond acceptors (Lipinski definition) is 2. The van der Waals surface area contributed by atoms with Gasteiger partial charge in [0.1, 0.15) is 0 Å². The Morgan fingerprint density at radius 2 is 1.96 bits per heavy atom. The number of fused-ring (bicyclic) bond motifs is 1. The minimum atomic E-state index is -0.699. The molecule has 3 aromatic rings. The summed E-state index contributed by atoms with van der Waals surface area (Å²) in [5.74, 6) is -0.0429. The van der Waals surface area contributed by atoms with E-state index in [0.29, 0.717) is 12.8 Å². The van der Waals surface area contributed by atoms with Crippen molar-refractivity contribution in [2.75, 3.05) is 6.54 Å². The molecule has 4 nitrogen and oxygen atoms in total. The van der Waals surface area contributed by atoms with Gasteiger partial charge in [0, 0.05) is 31.7 Å². The van der Waals surface area contributed by atoms with Gasteiger partial charge in [0.05, 0.1) is 6.10 Å². The van der Waals surface area contributed by atoms with Gasteiger partial charge in [-0.2, -0.15) is 0 Å². The maximum absolute atomic E-state index is 11.9. The Hall–Kier alpha value is -2.59. The Balaban J connectivity index is 1.52. The molecular formula is C20H22N2O2. The normalized spacial score (nSPS) is 12.2. The molecule has 0 bridgehead atoms. The van der Waals surface area contributed by atoms with E-state index in [1.165, 1.54) is 0 Å². The molecule has 0 spiro atoms. The Kier molecular flexibility index (Phi) is 4.96. The highest BCUT2D eigenvalue weighted by molar-refractivity contribution is 5.81. The zero-order valence-electron chi connectivity index (χ0n) is 13.8. The zero-order chi connectivity index (χ0) is 16.9. The van der Waals surface area contributed by atoms with Gasteiger partial charge in [-0.25, -0.2) is 0 Å². The predicted molar refractivity (Wildman–Crippen MR) is 95.7 cm³/mol.